The first-order chi connectivity index (χ1) is 20.5. The summed E-state index contributed by atoms with van der Waals surface area (Å²) >= 11 is 6.27. The lowest BCUT2D eigenvalue weighted by Gasteiger charge is -2.44. The highest BCUT2D eigenvalue weighted by Crippen LogP contribution is 2.51. The minimum absolute atomic E-state index is 0.0405. The van der Waals surface area contributed by atoms with Gasteiger partial charge in [0.2, 0.25) is 0 Å². The standard InChI is InChI=1S/C34H41ClFN5O2/c1-22-6-12-27-30(22)31(39-21-38-27)41-20-34(26-18-25(36)11-13-29(26)41)15-5-17-40(19-34)28(23-7-9-24(35)10-8-23)14-16-37-32(42)43-33(2,3)4/h7-11,13,18,21-22,28H,5-6,12,14-17,19-20H2,1-4H3,(H,37,42)/t22-,28-,34-/m1/s1. The average molecular weight is 606 g/mol. The molecule has 1 N–H and O–H groups in total. The summed E-state index contributed by atoms with van der Waals surface area (Å²) in [6.45, 7) is 10.7. The van der Waals surface area contributed by atoms with Gasteiger partial charge < -0.3 is 15.0 Å². The van der Waals surface area contributed by atoms with E-state index in [1.165, 1.54) is 5.56 Å². The van der Waals surface area contributed by atoms with Crippen molar-refractivity contribution in [1.82, 2.24) is 20.2 Å². The predicted molar refractivity (Wildman–Crippen MR) is 168 cm³/mol. The Morgan fingerprint density at radius 2 is 1.98 bits per heavy atom. The van der Waals surface area contributed by atoms with Gasteiger partial charge in [0.05, 0.1) is 0 Å². The van der Waals surface area contributed by atoms with E-state index in [4.69, 9.17) is 21.3 Å². The minimum atomic E-state index is -0.558. The van der Waals surface area contributed by atoms with Crippen LogP contribution in [0, 0.1) is 5.82 Å². The zero-order valence-electron chi connectivity index (χ0n) is 25.5. The summed E-state index contributed by atoms with van der Waals surface area (Å²) in [4.78, 5) is 26.7. The summed E-state index contributed by atoms with van der Waals surface area (Å²) in [7, 11) is 0. The molecule has 43 heavy (non-hydrogen) atoms. The SMILES string of the molecule is C[C@@H]1CCc2ncnc(N3C[C@]4(CCCN([C@H](CCNC(=O)OC(C)(C)C)c5ccc(Cl)cc5)C4)c4cc(F)ccc43)c21. The summed E-state index contributed by atoms with van der Waals surface area (Å²) in [5, 5.41) is 3.63. The van der Waals surface area contributed by atoms with Crippen LogP contribution < -0.4 is 10.2 Å². The molecule has 9 heteroatoms. The number of rotatable bonds is 6. The number of aromatic nitrogens is 2. The number of hydrogen-bond acceptors (Lipinski definition) is 6. The van der Waals surface area contributed by atoms with Crippen molar-refractivity contribution in [3.8, 4) is 0 Å². The van der Waals surface area contributed by atoms with Crippen molar-refractivity contribution >= 4 is 29.2 Å². The van der Waals surface area contributed by atoms with Crippen molar-refractivity contribution < 1.29 is 13.9 Å². The number of aryl methyl sites for hydroxylation is 1. The number of fused-ring (bicyclic) bond motifs is 3. The molecule has 3 atom stereocenters. The lowest BCUT2D eigenvalue weighted by atomic mass is 9.75. The molecule has 3 aromatic rings. The van der Waals surface area contributed by atoms with Crippen LogP contribution in [0.4, 0.5) is 20.7 Å². The fraction of sp³-hybridized carbons (Fsp3) is 0.500. The summed E-state index contributed by atoms with van der Waals surface area (Å²) < 4.78 is 20.4. The van der Waals surface area contributed by atoms with Gasteiger partial charge in [0.15, 0.2) is 0 Å². The van der Waals surface area contributed by atoms with Crippen LogP contribution in [-0.4, -0.2) is 52.7 Å². The molecule has 0 bridgehead atoms. The predicted octanol–water partition coefficient (Wildman–Crippen LogP) is 7.46. The number of piperidine rings is 1. The Morgan fingerprint density at radius 3 is 2.74 bits per heavy atom. The molecule has 1 spiro atoms. The van der Waals surface area contributed by atoms with Crippen molar-refractivity contribution in [2.24, 2.45) is 0 Å². The highest BCUT2D eigenvalue weighted by atomic mass is 35.5. The van der Waals surface area contributed by atoms with Crippen molar-refractivity contribution in [3.63, 3.8) is 0 Å². The lowest BCUT2D eigenvalue weighted by molar-refractivity contribution is 0.0514. The number of benzene rings is 2. The van der Waals surface area contributed by atoms with Crippen LogP contribution in [0.15, 0.2) is 48.8 Å². The molecule has 1 amide bonds. The number of alkyl carbamates (subject to hydrolysis) is 1. The molecule has 0 radical (unpaired) electrons. The van der Waals surface area contributed by atoms with Gasteiger partial charge in [0.25, 0.3) is 0 Å². The van der Waals surface area contributed by atoms with E-state index in [-0.39, 0.29) is 17.3 Å². The Bertz CT molecular complexity index is 1490. The smallest absolute Gasteiger partial charge is 0.407 e. The van der Waals surface area contributed by atoms with Gasteiger partial charge in [-0.25, -0.2) is 19.2 Å². The van der Waals surface area contributed by atoms with Gasteiger partial charge in [-0.1, -0.05) is 30.7 Å². The van der Waals surface area contributed by atoms with Gasteiger partial charge >= 0.3 is 6.09 Å². The fourth-order valence-electron chi connectivity index (χ4n) is 7.32. The van der Waals surface area contributed by atoms with Crippen molar-refractivity contribution in [2.75, 3.05) is 31.1 Å². The first-order valence-corrected chi connectivity index (χ1v) is 15.8. The Labute approximate surface area is 258 Å². The molecule has 1 saturated heterocycles. The third-order valence-electron chi connectivity index (χ3n) is 9.18. The van der Waals surface area contributed by atoms with E-state index in [1.54, 1.807) is 18.5 Å². The molecule has 2 aliphatic heterocycles. The van der Waals surface area contributed by atoms with E-state index in [1.807, 2.05) is 39.0 Å². The van der Waals surface area contributed by atoms with Crippen molar-refractivity contribution in [2.45, 2.75) is 82.8 Å². The van der Waals surface area contributed by atoms with Gasteiger partial charge in [-0.05, 0) is 107 Å². The first kappa shape index (κ1) is 29.8. The quantitative estimate of drug-likeness (QED) is 0.314. The molecule has 3 heterocycles. The topological polar surface area (TPSA) is 70.6 Å². The number of nitrogens with one attached hydrogen (secondary N) is 1. The third-order valence-corrected chi connectivity index (χ3v) is 9.43. The molecule has 1 aliphatic carbocycles. The third kappa shape index (κ3) is 6.09. The molecule has 2 aromatic carbocycles. The van der Waals surface area contributed by atoms with Gasteiger partial charge in [0.1, 0.15) is 23.6 Å². The molecule has 7 nitrogen and oxygen atoms in total. The van der Waals surface area contributed by atoms with Crippen LogP contribution in [0.3, 0.4) is 0 Å². The molecule has 0 unspecified atom stereocenters. The van der Waals surface area contributed by atoms with Crippen LogP contribution in [-0.2, 0) is 16.6 Å². The fourth-order valence-corrected chi connectivity index (χ4v) is 7.45. The maximum atomic E-state index is 14.9. The van der Waals surface area contributed by atoms with E-state index in [0.29, 0.717) is 23.9 Å². The van der Waals surface area contributed by atoms with Gasteiger partial charge in [0, 0.05) is 53.1 Å². The molecule has 228 valence electrons. The van der Waals surface area contributed by atoms with Crippen LogP contribution in [0.5, 0.6) is 0 Å². The number of likely N-dealkylation sites (tertiary alicyclic amines) is 1. The molecule has 6 rings (SSSR count). The molecule has 1 aromatic heterocycles. The summed E-state index contributed by atoms with van der Waals surface area (Å²) in [6, 6.07) is 13.3. The number of ether oxygens (including phenoxy) is 1. The van der Waals surface area contributed by atoms with Gasteiger partial charge in [-0.3, -0.25) is 4.90 Å². The van der Waals surface area contributed by atoms with Crippen LogP contribution in [0.1, 0.15) is 87.7 Å². The van der Waals surface area contributed by atoms with E-state index >= 15 is 0 Å². The average Bonchev–Trinajstić information content (AvgIpc) is 3.48. The highest BCUT2D eigenvalue weighted by Gasteiger charge is 2.48. The number of carbonyl (C=O) groups excluding carboxylic acids is 1. The number of amides is 1. The van der Waals surface area contributed by atoms with Gasteiger partial charge in [-0.15, -0.1) is 0 Å². The summed E-state index contributed by atoms with van der Waals surface area (Å²) in [5.74, 6) is 1.14. The number of carbonyl (C=O) groups is 1. The second kappa shape index (κ2) is 11.7. The maximum absolute atomic E-state index is 14.9. The second-order valence-electron chi connectivity index (χ2n) is 13.4. The molecular formula is C34H41ClFN5O2. The maximum Gasteiger partial charge on any atom is 0.407 e. The number of nitrogens with zero attached hydrogens (tertiary/aromatic N) is 4. The highest BCUT2D eigenvalue weighted by molar-refractivity contribution is 6.30. The van der Waals surface area contributed by atoms with Crippen molar-refractivity contribution in [1.29, 1.82) is 0 Å². The Hall–Kier alpha value is -3.23. The Kier molecular flexibility index (Phi) is 8.11. The first-order valence-electron chi connectivity index (χ1n) is 15.4. The van der Waals surface area contributed by atoms with Gasteiger partial charge in [-0.2, -0.15) is 0 Å². The number of halogens is 2. The number of hydrogen-bond donors (Lipinski definition) is 1. The molecule has 0 saturated carbocycles. The largest absolute Gasteiger partial charge is 0.444 e. The lowest BCUT2D eigenvalue weighted by Crippen LogP contribution is -2.49. The van der Waals surface area contributed by atoms with Crippen LogP contribution >= 0.6 is 11.6 Å². The van der Waals surface area contributed by atoms with E-state index in [2.05, 4.69) is 39.2 Å². The second-order valence-corrected chi connectivity index (χ2v) is 13.8. The van der Waals surface area contributed by atoms with Crippen molar-refractivity contribution in [3.05, 3.63) is 82.0 Å². The normalized spacial score (nSPS) is 22.4. The molecular weight excluding hydrogens is 565 g/mol. The monoisotopic (exact) mass is 605 g/mol. The van der Waals surface area contributed by atoms with E-state index < -0.39 is 11.7 Å². The minimum Gasteiger partial charge on any atom is -0.444 e. The molecule has 3 aliphatic rings. The molecule has 1 fully saturated rings. The van der Waals surface area contributed by atoms with Crippen LogP contribution in [0.2, 0.25) is 5.02 Å². The zero-order chi connectivity index (χ0) is 30.4. The Morgan fingerprint density at radius 1 is 1.19 bits per heavy atom. The number of anilines is 2. The summed E-state index contributed by atoms with van der Waals surface area (Å²) in [5.41, 5.74) is 4.78. The van der Waals surface area contributed by atoms with E-state index in [9.17, 15) is 9.18 Å². The summed E-state index contributed by atoms with van der Waals surface area (Å²) in [6.07, 6.45) is 5.95. The van der Waals surface area contributed by atoms with Crippen LogP contribution in [0.25, 0.3) is 0 Å². The zero-order valence-corrected chi connectivity index (χ0v) is 26.3. The van der Waals surface area contributed by atoms with E-state index in [0.717, 1.165) is 73.6 Å². The Balaban J connectivity index is 1.31.